The average Bonchev–Trinajstić information content (AvgIpc) is 2.46. The highest BCUT2D eigenvalue weighted by atomic mass is 16.2. The summed E-state index contributed by atoms with van der Waals surface area (Å²) in [5.74, 6) is 0.0228. The predicted molar refractivity (Wildman–Crippen MR) is 96.8 cm³/mol. The van der Waals surface area contributed by atoms with E-state index in [1.54, 1.807) is 0 Å². The summed E-state index contributed by atoms with van der Waals surface area (Å²) in [5.41, 5.74) is 6.91. The van der Waals surface area contributed by atoms with Gasteiger partial charge in [-0.3, -0.25) is 9.69 Å². The van der Waals surface area contributed by atoms with Crippen molar-refractivity contribution in [3.05, 3.63) is 64.2 Å². The number of benzene rings is 2. The first-order chi connectivity index (χ1) is 10.9. The molecule has 0 saturated carbocycles. The Morgan fingerprint density at radius 1 is 1.00 bits per heavy atom. The fourth-order valence-electron chi connectivity index (χ4n) is 2.81. The Bertz CT molecular complexity index is 687. The number of anilines is 1. The van der Waals surface area contributed by atoms with Gasteiger partial charge in [-0.05, 0) is 57.0 Å². The van der Waals surface area contributed by atoms with Gasteiger partial charge in [-0.1, -0.05) is 42.0 Å². The molecule has 2 aromatic carbocycles. The van der Waals surface area contributed by atoms with Crippen LogP contribution in [-0.2, 0) is 11.3 Å². The van der Waals surface area contributed by atoms with Crippen LogP contribution in [0.15, 0.2) is 36.4 Å². The van der Waals surface area contributed by atoms with Crippen molar-refractivity contribution in [3.63, 3.8) is 0 Å². The third kappa shape index (κ3) is 4.67. The van der Waals surface area contributed by atoms with Gasteiger partial charge in [-0.25, -0.2) is 0 Å². The summed E-state index contributed by atoms with van der Waals surface area (Å²) < 4.78 is 0. The molecule has 0 aliphatic heterocycles. The molecule has 2 aromatic rings. The summed E-state index contributed by atoms with van der Waals surface area (Å²) in [6.45, 7) is 9.39. The highest BCUT2D eigenvalue weighted by molar-refractivity contribution is 5.93. The van der Waals surface area contributed by atoms with Crippen LogP contribution in [0.2, 0.25) is 0 Å². The van der Waals surface area contributed by atoms with E-state index in [1.807, 2.05) is 44.0 Å². The SMILES string of the molecule is Cc1ccc(CN(C)CC(=O)Nc2c(C)cccc2C)c(C)c1. The van der Waals surface area contributed by atoms with Crippen molar-refractivity contribution < 1.29 is 4.79 Å². The van der Waals surface area contributed by atoms with Crippen LogP contribution in [0, 0.1) is 27.7 Å². The Hall–Kier alpha value is -2.13. The first-order valence-electron chi connectivity index (χ1n) is 7.97. The van der Waals surface area contributed by atoms with Crippen molar-refractivity contribution in [1.29, 1.82) is 0 Å². The van der Waals surface area contributed by atoms with E-state index in [-0.39, 0.29) is 5.91 Å². The fourth-order valence-corrected chi connectivity index (χ4v) is 2.81. The molecule has 0 heterocycles. The summed E-state index contributed by atoms with van der Waals surface area (Å²) >= 11 is 0. The molecule has 0 spiro atoms. The van der Waals surface area contributed by atoms with Crippen molar-refractivity contribution in [2.75, 3.05) is 18.9 Å². The van der Waals surface area contributed by atoms with Gasteiger partial charge in [0.25, 0.3) is 0 Å². The summed E-state index contributed by atoms with van der Waals surface area (Å²) in [5, 5.41) is 3.04. The van der Waals surface area contributed by atoms with Gasteiger partial charge in [-0.15, -0.1) is 0 Å². The van der Waals surface area contributed by atoms with Gasteiger partial charge in [0.1, 0.15) is 0 Å². The third-order valence-corrected chi connectivity index (χ3v) is 4.10. The molecule has 0 aromatic heterocycles. The van der Waals surface area contributed by atoms with Crippen molar-refractivity contribution in [3.8, 4) is 0 Å². The minimum absolute atomic E-state index is 0.0228. The smallest absolute Gasteiger partial charge is 0.238 e. The van der Waals surface area contributed by atoms with Crippen molar-refractivity contribution in [2.45, 2.75) is 34.2 Å². The Morgan fingerprint density at radius 3 is 2.26 bits per heavy atom. The molecule has 1 N–H and O–H groups in total. The fraction of sp³-hybridized carbons (Fsp3) is 0.350. The number of carbonyl (C=O) groups excluding carboxylic acids is 1. The maximum absolute atomic E-state index is 12.3. The lowest BCUT2D eigenvalue weighted by atomic mass is 10.1. The lowest BCUT2D eigenvalue weighted by Gasteiger charge is -2.19. The minimum Gasteiger partial charge on any atom is -0.324 e. The molecule has 0 fully saturated rings. The van der Waals surface area contributed by atoms with Crippen molar-refractivity contribution in [1.82, 2.24) is 4.90 Å². The molecule has 122 valence electrons. The Labute approximate surface area is 139 Å². The number of hydrogen-bond donors (Lipinski definition) is 1. The molecule has 0 saturated heterocycles. The number of nitrogens with one attached hydrogen (secondary N) is 1. The molecule has 3 heteroatoms. The second-order valence-electron chi connectivity index (χ2n) is 6.42. The zero-order chi connectivity index (χ0) is 17.0. The van der Waals surface area contributed by atoms with Crippen LogP contribution in [-0.4, -0.2) is 24.4 Å². The molecular weight excluding hydrogens is 284 g/mol. The summed E-state index contributed by atoms with van der Waals surface area (Å²) in [6, 6.07) is 12.5. The molecule has 0 atom stereocenters. The highest BCUT2D eigenvalue weighted by Gasteiger charge is 2.11. The average molecular weight is 310 g/mol. The molecule has 23 heavy (non-hydrogen) atoms. The van der Waals surface area contributed by atoms with E-state index in [0.29, 0.717) is 6.54 Å². The summed E-state index contributed by atoms with van der Waals surface area (Å²) in [6.07, 6.45) is 0. The first-order valence-corrected chi connectivity index (χ1v) is 7.97. The molecule has 0 aliphatic carbocycles. The molecule has 2 rings (SSSR count). The molecule has 0 bridgehead atoms. The zero-order valence-electron chi connectivity index (χ0n) is 14.7. The quantitative estimate of drug-likeness (QED) is 0.905. The van der Waals surface area contributed by atoms with Crippen LogP contribution in [0.4, 0.5) is 5.69 Å². The Balaban J connectivity index is 1.97. The van der Waals surface area contributed by atoms with E-state index in [0.717, 1.165) is 23.4 Å². The van der Waals surface area contributed by atoms with Gasteiger partial charge >= 0.3 is 0 Å². The molecule has 0 radical (unpaired) electrons. The molecule has 3 nitrogen and oxygen atoms in total. The number of nitrogens with zero attached hydrogens (tertiary/aromatic N) is 1. The van der Waals surface area contributed by atoms with Gasteiger partial charge in [-0.2, -0.15) is 0 Å². The molecule has 0 unspecified atom stereocenters. The van der Waals surface area contributed by atoms with E-state index in [2.05, 4.69) is 37.4 Å². The van der Waals surface area contributed by atoms with E-state index >= 15 is 0 Å². The van der Waals surface area contributed by atoms with Crippen molar-refractivity contribution >= 4 is 11.6 Å². The maximum atomic E-state index is 12.3. The van der Waals surface area contributed by atoms with Gasteiger partial charge in [0.15, 0.2) is 0 Å². The topological polar surface area (TPSA) is 32.3 Å². The van der Waals surface area contributed by atoms with Crippen LogP contribution < -0.4 is 5.32 Å². The number of aryl methyl sites for hydroxylation is 4. The van der Waals surface area contributed by atoms with Crippen LogP contribution in [0.3, 0.4) is 0 Å². The van der Waals surface area contributed by atoms with Gasteiger partial charge in [0.05, 0.1) is 6.54 Å². The minimum atomic E-state index is 0.0228. The number of rotatable bonds is 5. The first kappa shape index (κ1) is 17.2. The third-order valence-electron chi connectivity index (χ3n) is 4.10. The summed E-state index contributed by atoms with van der Waals surface area (Å²) in [4.78, 5) is 14.3. The van der Waals surface area contributed by atoms with E-state index in [9.17, 15) is 4.79 Å². The van der Waals surface area contributed by atoms with E-state index < -0.39 is 0 Å². The molecule has 1 amide bonds. The molecular formula is C20H26N2O. The second kappa shape index (κ2) is 7.42. The standard InChI is InChI=1S/C20H26N2O/c1-14-9-10-18(17(4)11-14)12-22(5)13-19(23)21-20-15(2)7-6-8-16(20)3/h6-11H,12-13H2,1-5H3,(H,21,23). The van der Waals surface area contributed by atoms with Crippen molar-refractivity contribution in [2.24, 2.45) is 0 Å². The largest absolute Gasteiger partial charge is 0.324 e. The number of carbonyl (C=O) groups is 1. The van der Waals surface area contributed by atoms with Gasteiger partial charge < -0.3 is 5.32 Å². The Morgan fingerprint density at radius 2 is 1.65 bits per heavy atom. The van der Waals surface area contributed by atoms with E-state index in [4.69, 9.17) is 0 Å². The van der Waals surface area contributed by atoms with Crippen LogP contribution in [0.25, 0.3) is 0 Å². The predicted octanol–water partition coefficient (Wildman–Crippen LogP) is 3.99. The zero-order valence-corrected chi connectivity index (χ0v) is 14.7. The highest BCUT2D eigenvalue weighted by Crippen LogP contribution is 2.19. The summed E-state index contributed by atoms with van der Waals surface area (Å²) in [7, 11) is 1.98. The van der Waals surface area contributed by atoms with Gasteiger partial charge in [0, 0.05) is 12.2 Å². The maximum Gasteiger partial charge on any atom is 0.238 e. The second-order valence-corrected chi connectivity index (χ2v) is 6.42. The molecule has 0 aliphatic rings. The monoisotopic (exact) mass is 310 g/mol. The number of para-hydroxylation sites is 1. The van der Waals surface area contributed by atoms with Crippen LogP contribution in [0.1, 0.15) is 27.8 Å². The van der Waals surface area contributed by atoms with Gasteiger partial charge in [0.2, 0.25) is 5.91 Å². The van der Waals surface area contributed by atoms with Crippen LogP contribution in [0.5, 0.6) is 0 Å². The normalized spacial score (nSPS) is 10.9. The number of amides is 1. The number of hydrogen-bond acceptors (Lipinski definition) is 2. The lowest BCUT2D eigenvalue weighted by Crippen LogP contribution is -2.30. The number of likely N-dealkylation sites (N-methyl/N-ethyl adjacent to an activating group) is 1. The Kier molecular flexibility index (Phi) is 5.56. The lowest BCUT2D eigenvalue weighted by molar-refractivity contribution is -0.117. The van der Waals surface area contributed by atoms with E-state index in [1.165, 1.54) is 16.7 Å². The van der Waals surface area contributed by atoms with Crippen LogP contribution >= 0.6 is 0 Å².